The maximum absolute atomic E-state index is 12.3. The second-order valence-corrected chi connectivity index (χ2v) is 6.47. The first-order valence-corrected chi connectivity index (χ1v) is 7.88. The number of piperazine rings is 1. The minimum atomic E-state index is -0.855. The van der Waals surface area contributed by atoms with Crippen molar-refractivity contribution in [3.63, 3.8) is 0 Å². The average Bonchev–Trinajstić information content (AvgIpc) is 3.30. The van der Waals surface area contributed by atoms with Gasteiger partial charge in [-0.2, -0.15) is 0 Å². The topological polar surface area (TPSA) is 60.9 Å². The summed E-state index contributed by atoms with van der Waals surface area (Å²) in [6.45, 7) is 4.81. The second kappa shape index (κ2) is 5.80. The Balaban J connectivity index is 1.60. The fourth-order valence-corrected chi connectivity index (χ4v) is 3.23. The van der Waals surface area contributed by atoms with Crippen molar-refractivity contribution >= 4 is 29.2 Å². The molecule has 1 saturated carbocycles. The number of carbonyl (C=O) groups is 2. The third-order valence-electron chi connectivity index (χ3n) is 4.53. The zero-order valence-corrected chi connectivity index (χ0v) is 13.2. The normalized spacial score (nSPS) is 24.3. The molecule has 0 spiro atoms. The molecule has 1 aliphatic heterocycles. The van der Waals surface area contributed by atoms with Crippen molar-refractivity contribution < 1.29 is 14.7 Å². The Morgan fingerprint density at radius 2 is 1.86 bits per heavy atom. The largest absolute Gasteiger partial charge is 0.481 e. The number of anilines is 1. The number of rotatable bonds is 3. The molecule has 2 aliphatic rings. The predicted octanol–water partition coefficient (Wildman–Crippen LogP) is 2.02. The second-order valence-electron chi connectivity index (χ2n) is 6.03. The highest BCUT2D eigenvalue weighted by atomic mass is 35.5. The standard InChI is InChI=1S/C16H19ClN2O3/c1-10-2-3-11(17)8-14(10)18-4-6-19(7-5-18)15(20)12-9-13(12)16(21)22/h2-3,8,12-13H,4-7,9H2,1H3,(H,21,22)/t12-,13+/m0/s1. The van der Waals surface area contributed by atoms with Crippen molar-refractivity contribution in [3.8, 4) is 0 Å². The van der Waals surface area contributed by atoms with E-state index in [2.05, 4.69) is 4.90 Å². The van der Waals surface area contributed by atoms with Gasteiger partial charge in [0.25, 0.3) is 0 Å². The first kappa shape index (κ1) is 15.2. The van der Waals surface area contributed by atoms with Gasteiger partial charge in [0.1, 0.15) is 0 Å². The van der Waals surface area contributed by atoms with Crippen molar-refractivity contribution in [2.24, 2.45) is 11.8 Å². The van der Waals surface area contributed by atoms with Gasteiger partial charge in [0.05, 0.1) is 11.8 Å². The first-order chi connectivity index (χ1) is 10.5. The van der Waals surface area contributed by atoms with Gasteiger partial charge >= 0.3 is 5.97 Å². The maximum Gasteiger partial charge on any atom is 0.307 e. The molecule has 1 heterocycles. The van der Waals surface area contributed by atoms with Crippen LogP contribution in [0, 0.1) is 18.8 Å². The van der Waals surface area contributed by atoms with E-state index in [1.54, 1.807) is 4.90 Å². The van der Waals surface area contributed by atoms with Crippen molar-refractivity contribution in [2.75, 3.05) is 31.1 Å². The van der Waals surface area contributed by atoms with Gasteiger partial charge in [-0.15, -0.1) is 0 Å². The molecule has 0 radical (unpaired) electrons. The lowest BCUT2D eigenvalue weighted by molar-refractivity contribution is -0.142. The van der Waals surface area contributed by atoms with Crippen LogP contribution in [0.3, 0.4) is 0 Å². The highest BCUT2D eigenvalue weighted by Crippen LogP contribution is 2.40. The summed E-state index contributed by atoms with van der Waals surface area (Å²) < 4.78 is 0. The van der Waals surface area contributed by atoms with E-state index in [0.29, 0.717) is 24.5 Å². The van der Waals surface area contributed by atoms with Crippen LogP contribution >= 0.6 is 11.6 Å². The van der Waals surface area contributed by atoms with Crippen LogP contribution in [0.1, 0.15) is 12.0 Å². The monoisotopic (exact) mass is 322 g/mol. The van der Waals surface area contributed by atoms with Crippen molar-refractivity contribution in [3.05, 3.63) is 28.8 Å². The lowest BCUT2D eigenvalue weighted by atomic mass is 10.1. The zero-order valence-electron chi connectivity index (χ0n) is 12.5. The number of benzene rings is 1. The highest BCUT2D eigenvalue weighted by molar-refractivity contribution is 6.30. The molecular weight excluding hydrogens is 304 g/mol. The average molecular weight is 323 g/mol. The minimum absolute atomic E-state index is 0.00475. The van der Waals surface area contributed by atoms with Gasteiger partial charge in [-0.1, -0.05) is 17.7 Å². The van der Waals surface area contributed by atoms with Crippen LogP contribution in [0.25, 0.3) is 0 Å². The summed E-state index contributed by atoms with van der Waals surface area (Å²) in [6.07, 6.45) is 0.488. The molecule has 1 saturated heterocycles. The summed E-state index contributed by atoms with van der Waals surface area (Å²) in [5.74, 6) is -1.64. The van der Waals surface area contributed by atoms with Crippen molar-refractivity contribution in [1.82, 2.24) is 4.90 Å². The molecule has 22 heavy (non-hydrogen) atoms. The Morgan fingerprint density at radius 1 is 1.18 bits per heavy atom. The minimum Gasteiger partial charge on any atom is -0.481 e. The van der Waals surface area contributed by atoms with Crippen LogP contribution in [0.15, 0.2) is 18.2 Å². The van der Waals surface area contributed by atoms with Gasteiger partial charge in [0, 0.05) is 36.9 Å². The molecule has 1 aromatic carbocycles. The van der Waals surface area contributed by atoms with Gasteiger partial charge in [0.2, 0.25) is 5.91 Å². The molecule has 1 N–H and O–H groups in total. The van der Waals surface area contributed by atoms with Gasteiger partial charge < -0.3 is 14.9 Å². The van der Waals surface area contributed by atoms with Crippen LogP contribution in [0.4, 0.5) is 5.69 Å². The number of carboxylic acids is 1. The van der Waals surface area contributed by atoms with E-state index in [1.165, 1.54) is 0 Å². The number of amides is 1. The Kier molecular flexibility index (Phi) is 4.00. The smallest absolute Gasteiger partial charge is 0.307 e. The molecule has 5 nitrogen and oxygen atoms in total. The van der Waals surface area contributed by atoms with Crippen LogP contribution in [-0.4, -0.2) is 48.1 Å². The number of carbonyl (C=O) groups excluding carboxylic acids is 1. The molecule has 2 atom stereocenters. The highest BCUT2D eigenvalue weighted by Gasteiger charge is 2.50. The van der Waals surface area contributed by atoms with E-state index < -0.39 is 11.9 Å². The third-order valence-corrected chi connectivity index (χ3v) is 4.76. The number of hydrogen-bond donors (Lipinski definition) is 1. The molecule has 3 rings (SSSR count). The van der Waals surface area contributed by atoms with Gasteiger partial charge in [-0.3, -0.25) is 9.59 Å². The number of hydrogen-bond acceptors (Lipinski definition) is 3. The number of carboxylic acid groups (broad SMARTS) is 1. The van der Waals surface area contributed by atoms with E-state index in [1.807, 2.05) is 25.1 Å². The number of aryl methyl sites for hydroxylation is 1. The molecular formula is C16H19ClN2O3. The molecule has 1 aromatic rings. The molecule has 0 bridgehead atoms. The first-order valence-electron chi connectivity index (χ1n) is 7.50. The lowest BCUT2D eigenvalue weighted by Crippen LogP contribution is -2.49. The maximum atomic E-state index is 12.3. The summed E-state index contributed by atoms with van der Waals surface area (Å²) in [5, 5.41) is 9.64. The van der Waals surface area contributed by atoms with Gasteiger partial charge in [0.15, 0.2) is 0 Å². The summed E-state index contributed by atoms with van der Waals surface area (Å²) in [6, 6.07) is 5.83. The van der Waals surface area contributed by atoms with Crippen molar-refractivity contribution in [2.45, 2.75) is 13.3 Å². The number of halogens is 1. The SMILES string of the molecule is Cc1ccc(Cl)cc1N1CCN(C(=O)[C@H]2C[C@H]2C(=O)O)CC1. The van der Waals surface area contributed by atoms with E-state index in [4.69, 9.17) is 16.7 Å². The van der Waals surface area contributed by atoms with Gasteiger partial charge in [-0.05, 0) is 31.0 Å². The zero-order chi connectivity index (χ0) is 15.9. The third kappa shape index (κ3) is 2.90. The quantitative estimate of drug-likeness (QED) is 0.925. The van der Waals surface area contributed by atoms with Crippen molar-refractivity contribution in [1.29, 1.82) is 0 Å². The van der Waals surface area contributed by atoms with Crippen LogP contribution in [0.2, 0.25) is 5.02 Å². The molecule has 1 aliphatic carbocycles. The predicted molar refractivity (Wildman–Crippen MR) is 84.2 cm³/mol. The Labute approximate surface area is 134 Å². The number of aliphatic carboxylic acids is 1. The summed E-state index contributed by atoms with van der Waals surface area (Å²) in [4.78, 5) is 27.2. The van der Waals surface area contributed by atoms with Crippen LogP contribution in [-0.2, 0) is 9.59 Å². The van der Waals surface area contributed by atoms with Gasteiger partial charge in [-0.25, -0.2) is 0 Å². The Bertz CT molecular complexity index is 611. The number of nitrogens with zero attached hydrogens (tertiary/aromatic N) is 2. The van der Waals surface area contributed by atoms with Crippen LogP contribution < -0.4 is 4.90 Å². The molecule has 6 heteroatoms. The van der Waals surface area contributed by atoms with E-state index in [0.717, 1.165) is 24.3 Å². The summed E-state index contributed by atoms with van der Waals surface area (Å²) in [7, 11) is 0. The fraction of sp³-hybridized carbons (Fsp3) is 0.500. The van der Waals surface area contributed by atoms with E-state index in [9.17, 15) is 9.59 Å². The van der Waals surface area contributed by atoms with E-state index in [-0.39, 0.29) is 11.8 Å². The Morgan fingerprint density at radius 3 is 2.45 bits per heavy atom. The summed E-state index contributed by atoms with van der Waals surface area (Å²) >= 11 is 6.06. The molecule has 2 fully saturated rings. The molecule has 118 valence electrons. The van der Waals surface area contributed by atoms with E-state index >= 15 is 0 Å². The van der Waals surface area contributed by atoms with Crippen LogP contribution in [0.5, 0.6) is 0 Å². The summed E-state index contributed by atoms with van der Waals surface area (Å²) in [5.41, 5.74) is 2.27. The molecule has 1 amide bonds. The lowest BCUT2D eigenvalue weighted by Gasteiger charge is -2.37. The molecule has 0 unspecified atom stereocenters. The fourth-order valence-electron chi connectivity index (χ4n) is 3.07. The molecule has 0 aromatic heterocycles. The Hall–Kier alpha value is -1.75.